The van der Waals surface area contributed by atoms with Gasteiger partial charge >= 0.3 is 0 Å². The van der Waals surface area contributed by atoms with Gasteiger partial charge in [0, 0.05) is 6.54 Å². The molecule has 5 nitrogen and oxygen atoms in total. The number of hydrogen-bond donors (Lipinski definition) is 0. The predicted octanol–water partition coefficient (Wildman–Crippen LogP) is 1.52. The molecule has 0 amide bonds. The Morgan fingerprint density at radius 2 is 2.11 bits per heavy atom. The summed E-state index contributed by atoms with van der Waals surface area (Å²) in [6.07, 6.45) is 1.53. The molecule has 0 aromatic heterocycles. The lowest BCUT2D eigenvalue weighted by Crippen LogP contribution is -2.38. The van der Waals surface area contributed by atoms with Gasteiger partial charge in [0.05, 0.1) is 11.4 Å². The maximum Gasteiger partial charge on any atom is 0.235 e. The number of ether oxygens (including phenoxy) is 1. The van der Waals surface area contributed by atoms with Crippen LogP contribution in [0.1, 0.15) is 12.8 Å². The largest absolute Gasteiger partial charge is 0.477 e. The molecule has 1 aromatic rings. The summed E-state index contributed by atoms with van der Waals surface area (Å²) in [7, 11) is -3.25. The van der Waals surface area contributed by atoms with Crippen LogP contribution in [0.15, 0.2) is 24.3 Å². The number of nitriles is 1. The van der Waals surface area contributed by atoms with Crippen LogP contribution in [0.5, 0.6) is 5.75 Å². The van der Waals surface area contributed by atoms with Crippen LogP contribution in [0, 0.1) is 11.3 Å². The highest BCUT2D eigenvalue weighted by atomic mass is 32.2. The maximum absolute atomic E-state index is 12.0. The highest BCUT2D eigenvalue weighted by Gasteiger charge is 2.27. The zero-order valence-electron chi connectivity index (χ0n) is 9.87. The number of sulfonamides is 1. The van der Waals surface area contributed by atoms with Crippen molar-refractivity contribution in [3.63, 3.8) is 0 Å². The molecule has 0 bridgehead atoms. The van der Waals surface area contributed by atoms with Crippen molar-refractivity contribution < 1.29 is 13.2 Å². The van der Waals surface area contributed by atoms with Crippen LogP contribution < -0.4 is 9.04 Å². The Kier molecular flexibility index (Phi) is 3.72. The molecule has 1 heterocycles. The van der Waals surface area contributed by atoms with Crippen LogP contribution in [-0.4, -0.2) is 27.3 Å². The zero-order chi connectivity index (χ0) is 13.0. The lowest BCUT2D eigenvalue weighted by Gasteiger charge is -2.29. The fourth-order valence-corrected chi connectivity index (χ4v) is 3.60. The molecule has 6 heteroatoms. The Balaban J connectivity index is 2.35. The van der Waals surface area contributed by atoms with Gasteiger partial charge in [-0.15, -0.1) is 0 Å². The van der Waals surface area contributed by atoms with Gasteiger partial charge in [-0.05, 0) is 25.0 Å². The summed E-state index contributed by atoms with van der Waals surface area (Å²) in [5.74, 6) is 0.601. The highest BCUT2D eigenvalue weighted by molar-refractivity contribution is 7.92. The van der Waals surface area contributed by atoms with E-state index in [1.807, 2.05) is 6.07 Å². The molecule has 1 aromatic carbocycles. The first kappa shape index (κ1) is 12.7. The van der Waals surface area contributed by atoms with Crippen molar-refractivity contribution in [2.24, 2.45) is 0 Å². The van der Waals surface area contributed by atoms with Gasteiger partial charge in [0.1, 0.15) is 11.8 Å². The molecule has 0 unspecified atom stereocenters. The molecule has 0 radical (unpaired) electrons. The van der Waals surface area contributed by atoms with Crippen molar-refractivity contribution >= 4 is 15.7 Å². The molecule has 1 saturated heterocycles. The zero-order valence-corrected chi connectivity index (χ0v) is 10.7. The van der Waals surface area contributed by atoms with Gasteiger partial charge in [0.25, 0.3) is 0 Å². The van der Waals surface area contributed by atoms with Crippen molar-refractivity contribution in [2.75, 3.05) is 23.2 Å². The van der Waals surface area contributed by atoms with Crippen molar-refractivity contribution in [3.05, 3.63) is 24.3 Å². The average molecular weight is 266 g/mol. The average Bonchev–Trinajstić information content (AvgIpc) is 2.36. The van der Waals surface area contributed by atoms with Crippen molar-refractivity contribution in [3.8, 4) is 11.8 Å². The van der Waals surface area contributed by atoms with Crippen LogP contribution in [0.2, 0.25) is 0 Å². The van der Waals surface area contributed by atoms with Gasteiger partial charge < -0.3 is 4.74 Å². The van der Waals surface area contributed by atoms with Crippen molar-refractivity contribution in [1.82, 2.24) is 0 Å². The topological polar surface area (TPSA) is 70.4 Å². The van der Waals surface area contributed by atoms with Gasteiger partial charge in [-0.1, -0.05) is 12.1 Å². The van der Waals surface area contributed by atoms with Crippen molar-refractivity contribution in [1.29, 1.82) is 5.26 Å². The SMILES string of the molecule is N#CCOc1ccccc1N1CCCCS1(=O)=O. The molecule has 0 saturated carbocycles. The first-order chi connectivity index (χ1) is 8.65. The van der Waals surface area contributed by atoms with E-state index in [1.165, 1.54) is 4.31 Å². The third kappa shape index (κ3) is 2.57. The molecule has 0 N–H and O–H groups in total. The minimum absolute atomic E-state index is 0.0924. The minimum Gasteiger partial charge on any atom is -0.477 e. The molecule has 18 heavy (non-hydrogen) atoms. The second-order valence-corrected chi connectivity index (χ2v) is 6.02. The second kappa shape index (κ2) is 5.27. The van der Waals surface area contributed by atoms with E-state index in [9.17, 15) is 8.42 Å². The minimum atomic E-state index is -3.25. The Morgan fingerprint density at radius 1 is 1.33 bits per heavy atom. The number of benzene rings is 1. The van der Waals surface area contributed by atoms with Crippen LogP contribution in [0.25, 0.3) is 0 Å². The maximum atomic E-state index is 12.0. The third-order valence-electron chi connectivity index (χ3n) is 2.78. The van der Waals surface area contributed by atoms with Crippen LogP contribution in [-0.2, 0) is 10.0 Å². The van der Waals surface area contributed by atoms with Gasteiger partial charge in [-0.2, -0.15) is 5.26 Å². The van der Waals surface area contributed by atoms with E-state index < -0.39 is 10.0 Å². The van der Waals surface area contributed by atoms with Crippen LogP contribution >= 0.6 is 0 Å². The van der Waals surface area contributed by atoms with Gasteiger partial charge in [-0.25, -0.2) is 8.42 Å². The van der Waals surface area contributed by atoms with Crippen molar-refractivity contribution in [2.45, 2.75) is 12.8 Å². The molecule has 96 valence electrons. The number of nitrogens with zero attached hydrogens (tertiary/aromatic N) is 2. The fourth-order valence-electron chi connectivity index (χ4n) is 1.95. The van der Waals surface area contributed by atoms with E-state index in [-0.39, 0.29) is 12.4 Å². The Labute approximate surface area is 107 Å². The Bertz CT molecular complexity index is 563. The first-order valence-corrected chi connectivity index (χ1v) is 7.35. The quantitative estimate of drug-likeness (QED) is 0.831. The van der Waals surface area contributed by atoms with Crippen LogP contribution in [0.4, 0.5) is 5.69 Å². The number of rotatable bonds is 3. The summed E-state index contributed by atoms with van der Waals surface area (Å²) in [4.78, 5) is 0. The molecular formula is C12H14N2O3S. The molecule has 0 atom stereocenters. The number of anilines is 1. The predicted molar refractivity (Wildman–Crippen MR) is 67.9 cm³/mol. The summed E-state index contributed by atoms with van der Waals surface area (Å²) in [5.41, 5.74) is 0.521. The molecule has 1 aliphatic rings. The molecule has 0 spiro atoms. The first-order valence-electron chi connectivity index (χ1n) is 5.74. The summed E-state index contributed by atoms with van der Waals surface area (Å²) in [6.45, 7) is 0.375. The van der Waals surface area contributed by atoms with E-state index in [4.69, 9.17) is 10.00 Å². The second-order valence-electron chi connectivity index (χ2n) is 4.01. The van der Waals surface area contributed by atoms with Gasteiger partial charge in [0.15, 0.2) is 6.61 Å². The molecule has 0 aliphatic carbocycles. The highest BCUT2D eigenvalue weighted by Crippen LogP contribution is 2.32. The summed E-state index contributed by atoms with van der Waals surface area (Å²) in [6, 6.07) is 8.78. The van der Waals surface area contributed by atoms with Crippen LogP contribution in [0.3, 0.4) is 0 Å². The fraction of sp³-hybridized carbons (Fsp3) is 0.417. The summed E-state index contributed by atoms with van der Waals surface area (Å²) < 4.78 is 30.7. The van der Waals surface area contributed by atoms with Gasteiger partial charge in [-0.3, -0.25) is 4.31 Å². The normalized spacial score (nSPS) is 18.1. The monoisotopic (exact) mass is 266 g/mol. The van der Waals surface area contributed by atoms with E-state index in [0.29, 0.717) is 24.4 Å². The summed E-state index contributed by atoms with van der Waals surface area (Å²) in [5, 5.41) is 8.52. The number of para-hydroxylation sites is 2. The molecular weight excluding hydrogens is 252 g/mol. The Hall–Kier alpha value is -1.74. The van der Waals surface area contributed by atoms with E-state index in [1.54, 1.807) is 24.3 Å². The van der Waals surface area contributed by atoms with E-state index in [0.717, 1.165) is 6.42 Å². The standard InChI is InChI=1S/C12H14N2O3S/c13-7-9-17-12-6-2-1-5-11(12)14-8-3-4-10-18(14,15)16/h1-2,5-6H,3-4,8-10H2. The third-order valence-corrected chi connectivity index (χ3v) is 4.63. The molecule has 1 aliphatic heterocycles. The smallest absolute Gasteiger partial charge is 0.235 e. The molecule has 2 rings (SSSR count). The van der Waals surface area contributed by atoms with Gasteiger partial charge in [0.2, 0.25) is 10.0 Å². The Morgan fingerprint density at radius 3 is 2.83 bits per heavy atom. The lowest BCUT2D eigenvalue weighted by molar-refractivity contribution is 0.368. The van der Waals surface area contributed by atoms with E-state index >= 15 is 0 Å². The van der Waals surface area contributed by atoms with E-state index in [2.05, 4.69) is 0 Å². The number of hydrogen-bond acceptors (Lipinski definition) is 4. The summed E-state index contributed by atoms with van der Waals surface area (Å²) >= 11 is 0. The lowest BCUT2D eigenvalue weighted by atomic mass is 10.2. The molecule has 1 fully saturated rings.